The highest BCUT2D eigenvalue weighted by atomic mass is 32.2. The molecule has 3 rings (SSSR count). The van der Waals surface area contributed by atoms with Gasteiger partial charge >= 0.3 is 5.97 Å². The van der Waals surface area contributed by atoms with Gasteiger partial charge in [0.15, 0.2) is 0 Å². The molecule has 10 N–H and O–H groups in total. The minimum atomic E-state index is -4.73. The summed E-state index contributed by atoms with van der Waals surface area (Å²) in [5, 5.41) is 52.8. The Morgan fingerprint density at radius 1 is 0.727 bits per heavy atom. The number of hydrogen-bond donors (Lipinski definition) is 10. The first kappa shape index (κ1) is 65.5. The molecule has 1 fully saturated rings. The van der Waals surface area contributed by atoms with Crippen LogP contribution in [-0.4, -0.2) is 227 Å². The Morgan fingerprint density at radius 2 is 1.32 bits per heavy atom. The molecule has 0 aromatic heterocycles. The van der Waals surface area contributed by atoms with E-state index in [1.165, 1.54) is 18.2 Å². The largest absolute Gasteiger partial charge is 0.460 e. The second kappa shape index (κ2) is 34.2. The van der Waals surface area contributed by atoms with Crippen molar-refractivity contribution in [1.29, 1.82) is 0 Å². The van der Waals surface area contributed by atoms with Crippen LogP contribution in [0.25, 0.3) is 0 Å². The Morgan fingerprint density at radius 3 is 1.95 bits per heavy atom. The van der Waals surface area contributed by atoms with Crippen LogP contribution in [0.1, 0.15) is 52.0 Å². The van der Waals surface area contributed by atoms with Crippen LogP contribution < -0.4 is 31.3 Å². The average molecular weight is 1120 g/mol. The highest BCUT2D eigenvalue weighted by molar-refractivity contribution is 7.85. The number of amides is 7. The zero-order valence-corrected chi connectivity index (χ0v) is 44.0. The van der Waals surface area contributed by atoms with E-state index in [1.807, 2.05) is 6.92 Å². The molecular weight excluding hydrogens is 1050 g/mol. The lowest BCUT2D eigenvalue weighted by Crippen LogP contribution is -2.60. The molecule has 77 heavy (non-hydrogen) atoms. The second-order valence-corrected chi connectivity index (χ2v) is 19.3. The summed E-state index contributed by atoms with van der Waals surface area (Å²) in [6.07, 6.45) is -5.81. The molecule has 1 aromatic carbocycles. The van der Waals surface area contributed by atoms with E-state index in [9.17, 15) is 71.8 Å². The minimum absolute atomic E-state index is 0.00979. The van der Waals surface area contributed by atoms with Crippen molar-refractivity contribution < 1.29 is 110 Å². The summed E-state index contributed by atoms with van der Waals surface area (Å²) in [5.41, 5.74) is -0.318. The second-order valence-electron chi connectivity index (χ2n) is 17.8. The predicted octanol–water partition coefficient (Wildman–Crippen LogP) is -3.82. The quantitative estimate of drug-likeness (QED) is 0.0131. The molecule has 6 atom stereocenters. The Labute approximate surface area is 444 Å². The normalized spacial score (nSPS) is 18.9. The van der Waals surface area contributed by atoms with Crippen molar-refractivity contribution in [3.05, 3.63) is 35.9 Å². The van der Waals surface area contributed by atoms with E-state index in [1.54, 1.807) is 13.8 Å². The van der Waals surface area contributed by atoms with Crippen LogP contribution in [0, 0.1) is 5.41 Å². The van der Waals surface area contributed by atoms with E-state index < -0.39 is 113 Å². The molecule has 2 aliphatic rings. The number of rotatable bonds is 38. The number of anilines is 1. The molecule has 30 heteroatoms. The third kappa shape index (κ3) is 25.1. The van der Waals surface area contributed by atoms with Crippen molar-refractivity contribution >= 4 is 63.1 Å². The molecule has 434 valence electrons. The van der Waals surface area contributed by atoms with Gasteiger partial charge in [0.25, 0.3) is 21.9 Å². The Kier molecular flexibility index (Phi) is 29.1. The maximum absolute atomic E-state index is 13.0. The summed E-state index contributed by atoms with van der Waals surface area (Å²) in [6, 6.07) is 2.63. The molecule has 1 aromatic rings. The van der Waals surface area contributed by atoms with Gasteiger partial charge in [0.05, 0.1) is 77.2 Å². The van der Waals surface area contributed by atoms with Crippen LogP contribution >= 0.6 is 0 Å². The lowest BCUT2D eigenvalue weighted by atomic mass is 9.91. The minimum Gasteiger partial charge on any atom is -0.460 e. The van der Waals surface area contributed by atoms with Gasteiger partial charge in [-0.3, -0.25) is 47.8 Å². The van der Waals surface area contributed by atoms with E-state index >= 15 is 0 Å². The topological polar surface area (TPSA) is 409 Å². The van der Waals surface area contributed by atoms with E-state index in [2.05, 4.69) is 26.6 Å². The molecule has 0 unspecified atom stereocenters. The van der Waals surface area contributed by atoms with Crippen LogP contribution in [0.4, 0.5) is 5.69 Å². The monoisotopic (exact) mass is 1120 g/mol. The van der Waals surface area contributed by atoms with Crippen LogP contribution in [0.15, 0.2) is 30.4 Å². The van der Waals surface area contributed by atoms with Gasteiger partial charge in [0.2, 0.25) is 35.8 Å². The lowest BCUT2D eigenvalue weighted by molar-refractivity contribution is -0.277. The Balaban J connectivity index is 1.28. The first-order valence-electron chi connectivity index (χ1n) is 24.6. The summed E-state index contributed by atoms with van der Waals surface area (Å²) in [4.78, 5) is 99.2. The number of carbonyl (C=O) groups excluding carboxylic acids is 8. The molecule has 29 nitrogen and oxygen atoms in total. The van der Waals surface area contributed by atoms with Gasteiger partial charge in [-0.15, -0.1) is 0 Å². The average Bonchev–Trinajstić information content (AvgIpc) is 3.70. The van der Waals surface area contributed by atoms with Gasteiger partial charge in [0, 0.05) is 57.6 Å². The van der Waals surface area contributed by atoms with Crippen molar-refractivity contribution in [2.24, 2.45) is 5.41 Å². The molecule has 7 amide bonds. The van der Waals surface area contributed by atoms with E-state index in [0.29, 0.717) is 12.0 Å². The molecule has 0 spiro atoms. The molecule has 2 aliphatic heterocycles. The van der Waals surface area contributed by atoms with Crippen molar-refractivity contribution in [2.75, 3.05) is 110 Å². The first-order valence-corrected chi connectivity index (χ1v) is 26.2. The zero-order chi connectivity index (χ0) is 57.0. The standard InChI is InChI=1S/C47H72N6O23S/c1-4-47(2,3)46(65)74-27-30-5-6-33(75-45-43(63)42(62)41(61)34(26-54)76-45)31(25-30)51-36(56)9-12-48-38(58)28-73-18-14-50-44(64)32(29-77(66,67)68)52-37(57)11-16-69-19-21-71-23-24-72-22-20-70-17-13-49-35(55)10-15-53-39(59)7-8-40(53)60/h5-8,25,32,34,41-43,45,54,61-63H,4,9-24,26-29H2,1-3H3,(H,48,58)(H,49,55)(H,50,64)(H,51,56)(H,52,57)(H,66,67,68)/t32-,34+,41-,42-,43-,45+/m0/s1. The highest BCUT2D eigenvalue weighted by Crippen LogP contribution is 2.31. The Hall–Kier alpha value is -5.77. The lowest BCUT2D eigenvalue weighted by Gasteiger charge is -2.39. The SMILES string of the molecule is CCC(C)(C)C(=O)OCc1ccc(O[C@@H]2O[C@H](CO)[C@H](O)[C@H](O)[C@@H]2O)c(NC(=O)CCNC(=O)COCCNC(=O)[C@H](CS(=O)(=O)O)NC(=O)CCOCCOCCOCCOCCNC(=O)CCN2C(=O)C=CC2=O)c1. The summed E-state index contributed by atoms with van der Waals surface area (Å²) in [5.74, 6) is -5.94. The molecule has 0 aliphatic carbocycles. The van der Waals surface area contributed by atoms with Gasteiger partial charge in [0.1, 0.15) is 55.2 Å². The maximum Gasteiger partial charge on any atom is 0.311 e. The van der Waals surface area contributed by atoms with Gasteiger partial charge in [-0.1, -0.05) is 13.0 Å². The maximum atomic E-state index is 13.0. The van der Waals surface area contributed by atoms with Crippen molar-refractivity contribution in [3.8, 4) is 5.75 Å². The third-order valence-electron chi connectivity index (χ3n) is 11.3. The fourth-order valence-corrected chi connectivity index (χ4v) is 7.22. The molecule has 0 radical (unpaired) electrons. The summed E-state index contributed by atoms with van der Waals surface area (Å²) >= 11 is 0. The van der Waals surface area contributed by atoms with Crippen LogP contribution in [-0.2, 0) is 88.2 Å². The van der Waals surface area contributed by atoms with Gasteiger partial charge in [-0.05, 0) is 38.0 Å². The fourth-order valence-electron chi connectivity index (χ4n) is 6.56. The first-order chi connectivity index (χ1) is 36.5. The molecule has 0 bridgehead atoms. The summed E-state index contributed by atoms with van der Waals surface area (Å²) < 4.78 is 76.0. The van der Waals surface area contributed by atoms with E-state index in [0.717, 1.165) is 17.1 Å². The number of hydrogen-bond acceptors (Lipinski definition) is 22. The predicted molar refractivity (Wildman–Crippen MR) is 265 cm³/mol. The number of nitrogens with zero attached hydrogens (tertiary/aromatic N) is 1. The molecule has 1 saturated heterocycles. The number of esters is 1. The third-order valence-corrected chi connectivity index (χ3v) is 12.1. The van der Waals surface area contributed by atoms with Crippen LogP contribution in [0.2, 0.25) is 0 Å². The van der Waals surface area contributed by atoms with Crippen LogP contribution in [0.3, 0.4) is 0 Å². The van der Waals surface area contributed by atoms with Crippen molar-refractivity contribution in [2.45, 2.75) is 89.8 Å². The van der Waals surface area contributed by atoms with Crippen molar-refractivity contribution in [3.63, 3.8) is 0 Å². The summed E-state index contributed by atoms with van der Waals surface area (Å²) in [6.45, 7) is 4.74. The van der Waals surface area contributed by atoms with Crippen LogP contribution in [0.5, 0.6) is 5.75 Å². The highest BCUT2D eigenvalue weighted by Gasteiger charge is 2.45. The van der Waals surface area contributed by atoms with Gasteiger partial charge in [-0.2, -0.15) is 8.42 Å². The van der Waals surface area contributed by atoms with E-state index in [-0.39, 0.29) is 129 Å². The van der Waals surface area contributed by atoms with Crippen molar-refractivity contribution in [1.82, 2.24) is 26.2 Å². The molecular formula is C47H72N6O23S. The number of carbonyl (C=O) groups is 8. The van der Waals surface area contributed by atoms with Gasteiger partial charge in [-0.25, -0.2) is 0 Å². The number of ether oxygens (including phenoxy) is 8. The Bertz CT molecular complexity index is 2230. The number of aliphatic hydroxyl groups excluding tert-OH is 4. The number of imide groups is 1. The van der Waals surface area contributed by atoms with E-state index in [4.69, 9.17) is 37.9 Å². The molecule has 2 heterocycles. The molecule has 0 saturated carbocycles. The number of benzene rings is 1. The fraction of sp³-hybridized carbons (Fsp3) is 0.660. The zero-order valence-electron chi connectivity index (χ0n) is 43.1. The number of nitrogens with one attached hydrogen (secondary N) is 5. The summed E-state index contributed by atoms with van der Waals surface area (Å²) in [7, 11) is -4.73. The smallest absolute Gasteiger partial charge is 0.311 e. The number of aliphatic hydroxyl groups is 4. The van der Waals surface area contributed by atoms with Gasteiger partial charge < -0.3 is 84.9 Å².